The number of quaternary nitrogens is 1. The quantitative estimate of drug-likeness (QED) is 0.224. The van der Waals surface area contributed by atoms with Crippen LogP contribution in [0.4, 0.5) is 0 Å². The number of aliphatic hydroxyl groups is 1. The number of aliphatic carboxylic acids is 1. The fourth-order valence-electron chi connectivity index (χ4n) is 3.61. The topological polar surface area (TPSA) is 57.5 Å². The molecule has 0 heterocycles. The van der Waals surface area contributed by atoms with Crippen LogP contribution in [-0.2, 0) is 4.79 Å². The second-order valence-corrected chi connectivity index (χ2v) is 7.50. The lowest BCUT2D eigenvalue weighted by atomic mass is 10.0. The number of hydrogen-bond acceptors (Lipinski definition) is 2. The van der Waals surface area contributed by atoms with Gasteiger partial charge in [-0.15, -0.1) is 6.58 Å². The molecule has 0 radical (unpaired) electrons. The molecule has 0 rings (SSSR count). The number of allylic oxidation sites excluding steroid dienone is 1. The lowest BCUT2D eigenvalue weighted by Gasteiger charge is -2.43. The van der Waals surface area contributed by atoms with Crippen molar-refractivity contribution in [3.8, 4) is 0 Å². The van der Waals surface area contributed by atoms with E-state index < -0.39 is 18.1 Å². The summed E-state index contributed by atoms with van der Waals surface area (Å²) in [7, 11) is 0. The van der Waals surface area contributed by atoms with Gasteiger partial charge in [-0.3, -0.25) is 0 Å². The Morgan fingerprint density at radius 3 is 2.04 bits per heavy atom. The number of aliphatic hydroxyl groups excluding tert-OH is 1. The van der Waals surface area contributed by atoms with Gasteiger partial charge < -0.3 is 14.7 Å². The molecule has 2 unspecified atom stereocenters. The van der Waals surface area contributed by atoms with E-state index in [1.54, 1.807) is 0 Å². The minimum Gasteiger partial charge on any atom is -0.477 e. The van der Waals surface area contributed by atoms with E-state index in [0.717, 1.165) is 77.3 Å². The van der Waals surface area contributed by atoms with E-state index >= 15 is 0 Å². The van der Waals surface area contributed by atoms with Crippen LogP contribution in [0.3, 0.4) is 0 Å². The Morgan fingerprint density at radius 2 is 1.60 bits per heavy atom. The zero-order chi connectivity index (χ0) is 19.1. The van der Waals surface area contributed by atoms with Gasteiger partial charge in [-0.1, -0.05) is 39.2 Å². The molecule has 0 saturated carbocycles. The van der Waals surface area contributed by atoms with Crippen molar-refractivity contribution in [2.75, 3.05) is 19.6 Å². The Labute approximate surface area is 155 Å². The SMILES string of the molecule is C=CCCCCC(O)C[N+](CCCCC)(CCCCC)C(C)C(=O)O. The van der Waals surface area contributed by atoms with E-state index in [9.17, 15) is 15.0 Å². The summed E-state index contributed by atoms with van der Waals surface area (Å²) in [4.78, 5) is 11.8. The van der Waals surface area contributed by atoms with E-state index in [2.05, 4.69) is 20.4 Å². The summed E-state index contributed by atoms with van der Waals surface area (Å²) in [6.45, 7) is 12.2. The summed E-state index contributed by atoms with van der Waals surface area (Å²) >= 11 is 0. The van der Waals surface area contributed by atoms with Gasteiger partial charge in [0.1, 0.15) is 12.6 Å². The molecule has 148 valence electrons. The predicted octanol–water partition coefficient (Wildman–Crippen LogP) is 4.76. The lowest BCUT2D eigenvalue weighted by molar-refractivity contribution is -0.944. The molecule has 25 heavy (non-hydrogen) atoms. The Kier molecular flexibility index (Phi) is 13.8. The van der Waals surface area contributed by atoms with Crippen LogP contribution < -0.4 is 0 Å². The van der Waals surface area contributed by atoms with Crippen molar-refractivity contribution in [2.24, 2.45) is 0 Å². The van der Waals surface area contributed by atoms with Gasteiger partial charge in [0.25, 0.3) is 0 Å². The molecule has 0 spiro atoms. The molecule has 2 atom stereocenters. The monoisotopic (exact) mass is 356 g/mol. The lowest BCUT2D eigenvalue weighted by Crippen LogP contribution is -2.61. The molecule has 0 amide bonds. The highest BCUT2D eigenvalue weighted by Crippen LogP contribution is 2.22. The third-order valence-corrected chi connectivity index (χ3v) is 5.36. The van der Waals surface area contributed by atoms with Crippen molar-refractivity contribution in [3.05, 3.63) is 12.7 Å². The normalized spacial score (nSPS) is 14.2. The highest BCUT2D eigenvalue weighted by Gasteiger charge is 2.39. The first kappa shape index (κ1) is 24.1. The number of carboxylic acid groups (broad SMARTS) is 1. The third-order valence-electron chi connectivity index (χ3n) is 5.36. The number of rotatable bonds is 17. The van der Waals surface area contributed by atoms with Gasteiger partial charge >= 0.3 is 5.97 Å². The highest BCUT2D eigenvalue weighted by atomic mass is 16.4. The van der Waals surface area contributed by atoms with Crippen LogP contribution >= 0.6 is 0 Å². The first-order chi connectivity index (χ1) is 11.9. The zero-order valence-electron chi connectivity index (χ0n) is 16.9. The van der Waals surface area contributed by atoms with Gasteiger partial charge in [-0.2, -0.15) is 0 Å². The van der Waals surface area contributed by atoms with Crippen molar-refractivity contribution in [2.45, 2.75) is 97.1 Å². The molecular weight excluding hydrogens is 314 g/mol. The van der Waals surface area contributed by atoms with Crippen molar-refractivity contribution >= 4 is 5.97 Å². The van der Waals surface area contributed by atoms with Gasteiger partial charge in [-0.25, -0.2) is 4.79 Å². The second-order valence-electron chi connectivity index (χ2n) is 7.50. The van der Waals surface area contributed by atoms with E-state index in [4.69, 9.17) is 0 Å². The van der Waals surface area contributed by atoms with E-state index in [0.29, 0.717) is 11.0 Å². The largest absolute Gasteiger partial charge is 0.477 e. The first-order valence-corrected chi connectivity index (χ1v) is 10.3. The molecule has 0 aliphatic carbocycles. The molecule has 0 saturated heterocycles. The van der Waals surface area contributed by atoms with Crippen molar-refractivity contribution in [1.29, 1.82) is 0 Å². The maximum atomic E-state index is 11.8. The summed E-state index contributed by atoms with van der Waals surface area (Å²) in [5.74, 6) is -0.744. The molecule has 0 aliphatic heterocycles. The number of unbranched alkanes of at least 4 members (excludes halogenated alkanes) is 6. The summed E-state index contributed by atoms with van der Waals surface area (Å²) < 4.78 is 0.526. The first-order valence-electron chi connectivity index (χ1n) is 10.3. The van der Waals surface area contributed by atoms with Crippen LogP contribution in [0, 0.1) is 0 Å². The molecule has 4 heteroatoms. The molecule has 0 aromatic heterocycles. The van der Waals surface area contributed by atoms with Crippen LogP contribution in [0.15, 0.2) is 12.7 Å². The second kappa shape index (κ2) is 14.3. The minimum absolute atomic E-state index is 0.421. The average Bonchev–Trinajstić information content (AvgIpc) is 2.58. The number of carbonyl (C=O) groups is 1. The molecule has 0 aromatic carbocycles. The van der Waals surface area contributed by atoms with Crippen molar-refractivity contribution in [1.82, 2.24) is 0 Å². The Morgan fingerprint density at radius 1 is 1.04 bits per heavy atom. The van der Waals surface area contributed by atoms with Crippen LogP contribution in [-0.4, -0.2) is 52.4 Å². The molecule has 0 aliphatic rings. The zero-order valence-corrected chi connectivity index (χ0v) is 16.9. The summed E-state index contributed by atoms with van der Waals surface area (Å²) in [5, 5.41) is 20.3. The molecule has 0 bridgehead atoms. The summed E-state index contributed by atoms with van der Waals surface area (Å²) in [6, 6.07) is -0.462. The highest BCUT2D eigenvalue weighted by molar-refractivity contribution is 5.71. The van der Waals surface area contributed by atoms with E-state index in [-0.39, 0.29) is 0 Å². The maximum Gasteiger partial charge on any atom is 0.362 e. The fraction of sp³-hybridized carbons (Fsp3) is 0.857. The standard InChI is InChI=1S/C21H41NO3/c1-5-8-11-12-15-20(23)18-22(16-13-9-6-2,17-14-10-7-3)19(4)21(24)25/h5,19-20,23H,1,6-18H2,2-4H3/p+1. The van der Waals surface area contributed by atoms with Crippen LogP contribution in [0.5, 0.6) is 0 Å². The molecule has 4 nitrogen and oxygen atoms in total. The molecule has 0 aromatic rings. The Balaban J connectivity index is 5.04. The average molecular weight is 357 g/mol. The van der Waals surface area contributed by atoms with Crippen molar-refractivity contribution < 1.29 is 19.5 Å². The molecule has 2 N–H and O–H groups in total. The fourth-order valence-corrected chi connectivity index (χ4v) is 3.61. The molecule has 0 fully saturated rings. The van der Waals surface area contributed by atoms with Gasteiger partial charge in [-0.05, 0) is 51.9 Å². The maximum absolute atomic E-state index is 11.8. The number of hydrogen-bond donors (Lipinski definition) is 2. The van der Waals surface area contributed by atoms with E-state index in [1.165, 1.54) is 0 Å². The Hall–Kier alpha value is -0.870. The van der Waals surface area contributed by atoms with Gasteiger partial charge in [0.2, 0.25) is 0 Å². The third kappa shape index (κ3) is 10.0. The van der Waals surface area contributed by atoms with Crippen molar-refractivity contribution in [3.63, 3.8) is 0 Å². The van der Waals surface area contributed by atoms with Crippen LogP contribution in [0.2, 0.25) is 0 Å². The van der Waals surface area contributed by atoms with Gasteiger partial charge in [0.05, 0.1) is 13.1 Å². The van der Waals surface area contributed by atoms with E-state index in [1.807, 2.05) is 13.0 Å². The summed E-state index contributed by atoms with van der Waals surface area (Å²) in [5.41, 5.74) is 0. The smallest absolute Gasteiger partial charge is 0.362 e. The predicted molar refractivity (Wildman–Crippen MR) is 106 cm³/mol. The number of carboxylic acids is 1. The summed E-state index contributed by atoms with van der Waals surface area (Å²) in [6.07, 6.45) is 11.8. The molecular formula is C21H42NO3+. The van der Waals surface area contributed by atoms with Gasteiger partial charge in [0, 0.05) is 0 Å². The Bertz CT molecular complexity index is 347. The minimum atomic E-state index is -0.744. The van der Waals surface area contributed by atoms with Gasteiger partial charge in [0.15, 0.2) is 6.04 Å². The van der Waals surface area contributed by atoms with Crippen LogP contribution in [0.1, 0.15) is 85.0 Å². The van der Waals surface area contributed by atoms with Crippen LogP contribution in [0.25, 0.3) is 0 Å². The number of nitrogens with zero attached hydrogens (tertiary/aromatic N) is 1.